The summed E-state index contributed by atoms with van der Waals surface area (Å²) in [4.78, 5) is 12.2. The molecule has 2 aromatic carbocycles. The van der Waals surface area contributed by atoms with Crippen LogP contribution in [0.2, 0.25) is 0 Å². The zero-order valence-electron chi connectivity index (χ0n) is 14.3. The lowest BCUT2D eigenvalue weighted by molar-refractivity contribution is -0.128. The van der Waals surface area contributed by atoms with E-state index in [-0.39, 0.29) is 18.3 Å². The van der Waals surface area contributed by atoms with Gasteiger partial charge < -0.3 is 19.5 Å². The maximum absolute atomic E-state index is 12.8. The number of benzene rings is 2. The van der Waals surface area contributed by atoms with Crippen LogP contribution in [0.15, 0.2) is 48.5 Å². The molecular weight excluding hydrogens is 325 g/mol. The number of methoxy groups -OCH3 is 1. The maximum Gasteiger partial charge on any atom is 0.261 e. The molecule has 0 radical (unpaired) electrons. The SMILES string of the molecule is CCC(Oc1cccc(OC)c1)C(=O)NCCOc1ccc(F)cc1. The largest absolute Gasteiger partial charge is 0.497 e. The minimum atomic E-state index is -0.599. The van der Waals surface area contributed by atoms with Crippen LogP contribution in [0.25, 0.3) is 0 Å². The normalized spacial score (nSPS) is 11.5. The van der Waals surface area contributed by atoms with Gasteiger partial charge in [-0.25, -0.2) is 4.39 Å². The molecule has 0 aliphatic rings. The molecule has 0 fully saturated rings. The highest BCUT2D eigenvalue weighted by Crippen LogP contribution is 2.20. The Morgan fingerprint density at radius 2 is 1.84 bits per heavy atom. The topological polar surface area (TPSA) is 56.8 Å². The first kappa shape index (κ1) is 18.6. The number of carbonyl (C=O) groups is 1. The molecule has 1 amide bonds. The summed E-state index contributed by atoms with van der Waals surface area (Å²) in [5.74, 6) is 1.26. The summed E-state index contributed by atoms with van der Waals surface area (Å²) >= 11 is 0. The number of amides is 1. The summed E-state index contributed by atoms with van der Waals surface area (Å²) < 4.78 is 29.1. The van der Waals surface area contributed by atoms with E-state index in [0.717, 1.165) is 0 Å². The third-order valence-corrected chi connectivity index (χ3v) is 3.47. The molecule has 5 nitrogen and oxygen atoms in total. The fourth-order valence-electron chi connectivity index (χ4n) is 2.15. The maximum atomic E-state index is 12.8. The molecule has 1 N–H and O–H groups in total. The van der Waals surface area contributed by atoms with Crippen LogP contribution >= 0.6 is 0 Å². The fourth-order valence-corrected chi connectivity index (χ4v) is 2.15. The lowest BCUT2D eigenvalue weighted by Crippen LogP contribution is -2.39. The van der Waals surface area contributed by atoms with Gasteiger partial charge in [-0.2, -0.15) is 0 Å². The number of rotatable bonds is 9. The second-order valence-electron chi connectivity index (χ2n) is 5.29. The van der Waals surface area contributed by atoms with Crippen molar-refractivity contribution in [1.29, 1.82) is 0 Å². The van der Waals surface area contributed by atoms with Gasteiger partial charge in [0.2, 0.25) is 0 Å². The van der Waals surface area contributed by atoms with Gasteiger partial charge in [0.1, 0.15) is 29.7 Å². The van der Waals surface area contributed by atoms with E-state index in [2.05, 4.69) is 5.32 Å². The number of hydrogen-bond acceptors (Lipinski definition) is 4. The Morgan fingerprint density at radius 3 is 2.52 bits per heavy atom. The van der Waals surface area contributed by atoms with Crippen molar-refractivity contribution in [2.45, 2.75) is 19.4 Å². The Kier molecular flexibility index (Phi) is 7.07. The molecule has 0 aliphatic heterocycles. The molecule has 0 saturated heterocycles. The van der Waals surface area contributed by atoms with Gasteiger partial charge in [-0.3, -0.25) is 4.79 Å². The quantitative estimate of drug-likeness (QED) is 0.708. The van der Waals surface area contributed by atoms with Gasteiger partial charge in [0, 0.05) is 6.07 Å². The highest BCUT2D eigenvalue weighted by molar-refractivity contribution is 5.81. The predicted octanol–water partition coefficient (Wildman–Crippen LogP) is 3.19. The minimum Gasteiger partial charge on any atom is -0.497 e. The molecule has 2 aromatic rings. The second-order valence-corrected chi connectivity index (χ2v) is 5.29. The Balaban J connectivity index is 1.78. The van der Waals surface area contributed by atoms with Gasteiger partial charge in [-0.05, 0) is 42.8 Å². The third-order valence-electron chi connectivity index (χ3n) is 3.47. The summed E-state index contributed by atoms with van der Waals surface area (Å²) in [6, 6.07) is 12.8. The van der Waals surface area contributed by atoms with Crippen LogP contribution in [-0.2, 0) is 4.79 Å². The number of ether oxygens (including phenoxy) is 3. The second kappa shape index (κ2) is 9.52. The van der Waals surface area contributed by atoms with E-state index in [0.29, 0.717) is 30.2 Å². The standard InChI is InChI=1S/C19H22FNO4/c1-3-18(25-17-6-4-5-16(13-17)23-2)19(22)21-11-12-24-15-9-7-14(20)8-10-15/h4-10,13,18H,3,11-12H2,1-2H3,(H,21,22). The third kappa shape index (κ3) is 5.99. The van der Waals surface area contributed by atoms with Crippen molar-refractivity contribution in [2.24, 2.45) is 0 Å². The molecule has 134 valence electrons. The van der Waals surface area contributed by atoms with E-state index in [1.165, 1.54) is 24.3 Å². The Morgan fingerprint density at radius 1 is 1.12 bits per heavy atom. The summed E-state index contributed by atoms with van der Waals surface area (Å²) in [5, 5.41) is 2.77. The van der Waals surface area contributed by atoms with Gasteiger partial charge >= 0.3 is 0 Å². The van der Waals surface area contributed by atoms with E-state index in [1.54, 1.807) is 31.4 Å². The summed E-state index contributed by atoms with van der Waals surface area (Å²) in [5.41, 5.74) is 0. The van der Waals surface area contributed by atoms with Crippen molar-refractivity contribution in [1.82, 2.24) is 5.32 Å². The molecule has 0 spiro atoms. The van der Waals surface area contributed by atoms with E-state index >= 15 is 0 Å². The monoisotopic (exact) mass is 347 g/mol. The molecule has 1 unspecified atom stereocenters. The molecule has 1 atom stereocenters. The van der Waals surface area contributed by atoms with Gasteiger partial charge in [0.05, 0.1) is 13.7 Å². The van der Waals surface area contributed by atoms with Crippen molar-refractivity contribution < 1.29 is 23.4 Å². The number of carbonyl (C=O) groups excluding carboxylic acids is 1. The molecule has 0 aromatic heterocycles. The minimum absolute atomic E-state index is 0.215. The van der Waals surface area contributed by atoms with Crippen LogP contribution in [0.3, 0.4) is 0 Å². The Bertz CT molecular complexity index is 675. The van der Waals surface area contributed by atoms with E-state index in [4.69, 9.17) is 14.2 Å². The molecule has 0 heterocycles. The molecular formula is C19H22FNO4. The van der Waals surface area contributed by atoms with E-state index in [1.807, 2.05) is 6.92 Å². The van der Waals surface area contributed by atoms with Crippen LogP contribution < -0.4 is 19.5 Å². The van der Waals surface area contributed by atoms with E-state index in [9.17, 15) is 9.18 Å². The first-order valence-corrected chi connectivity index (χ1v) is 8.09. The van der Waals surface area contributed by atoms with Crippen molar-refractivity contribution in [3.05, 3.63) is 54.3 Å². The molecule has 6 heteroatoms. The zero-order chi connectivity index (χ0) is 18.1. The van der Waals surface area contributed by atoms with Crippen molar-refractivity contribution in [3.63, 3.8) is 0 Å². The molecule has 0 saturated carbocycles. The fraction of sp³-hybridized carbons (Fsp3) is 0.316. The first-order valence-electron chi connectivity index (χ1n) is 8.09. The van der Waals surface area contributed by atoms with Gasteiger partial charge in [0.15, 0.2) is 6.10 Å². The summed E-state index contributed by atoms with van der Waals surface area (Å²) in [6.45, 7) is 2.49. The smallest absolute Gasteiger partial charge is 0.261 e. The average Bonchev–Trinajstić information content (AvgIpc) is 2.64. The summed E-state index contributed by atoms with van der Waals surface area (Å²) in [6.07, 6.45) is -0.0695. The van der Waals surface area contributed by atoms with Crippen molar-refractivity contribution >= 4 is 5.91 Å². The Labute approximate surface area is 146 Å². The van der Waals surface area contributed by atoms with Crippen molar-refractivity contribution in [3.8, 4) is 17.2 Å². The highest BCUT2D eigenvalue weighted by atomic mass is 19.1. The lowest BCUT2D eigenvalue weighted by Gasteiger charge is -2.17. The number of nitrogens with one attached hydrogen (secondary N) is 1. The summed E-state index contributed by atoms with van der Waals surface area (Å²) in [7, 11) is 1.57. The van der Waals surface area contributed by atoms with Crippen molar-refractivity contribution in [2.75, 3.05) is 20.3 Å². The molecule has 0 bridgehead atoms. The number of hydrogen-bond donors (Lipinski definition) is 1. The number of halogens is 1. The van der Waals surface area contributed by atoms with Crippen LogP contribution in [0.1, 0.15) is 13.3 Å². The van der Waals surface area contributed by atoms with Gasteiger partial charge in [0.25, 0.3) is 5.91 Å². The predicted molar refractivity (Wildman–Crippen MR) is 92.6 cm³/mol. The lowest BCUT2D eigenvalue weighted by atomic mass is 10.2. The van der Waals surface area contributed by atoms with Crippen LogP contribution in [-0.4, -0.2) is 32.3 Å². The highest BCUT2D eigenvalue weighted by Gasteiger charge is 2.18. The zero-order valence-corrected chi connectivity index (χ0v) is 14.3. The van der Waals surface area contributed by atoms with Crippen LogP contribution in [0.4, 0.5) is 4.39 Å². The molecule has 2 rings (SSSR count). The molecule has 0 aliphatic carbocycles. The first-order chi connectivity index (χ1) is 12.1. The van der Waals surface area contributed by atoms with Gasteiger partial charge in [-0.1, -0.05) is 13.0 Å². The van der Waals surface area contributed by atoms with Crippen LogP contribution in [0.5, 0.6) is 17.2 Å². The van der Waals surface area contributed by atoms with Gasteiger partial charge in [-0.15, -0.1) is 0 Å². The average molecular weight is 347 g/mol. The van der Waals surface area contributed by atoms with Crippen LogP contribution in [0, 0.1) is 5.82 Å². The van der Waals surface area contributed by atoms with E-state index < -0.39 is 6.10 Å². The molecule has 25 heavy (non-hydrogen) atoms. The Hall–Kier alpha value is -2.76.